The van der Waals surface area contributed by atoms with Crippen molar-refractivity contribution in [2.24, 2.45) is 0 Å². The Morgan fingerprint density at radius 2 is 1.92 bits per heavy atom. The molecule has 0 saturated carbocycles. The van der Waals surface area contributed by atoms with Crippen molar-refractivity contribution in [3.05, 3.63) is 60.5 Å². The number of sulfone groups is 1. The molecule has 4 rings (SSSR count). The van der Waals surface area contributed by atoms with E-state index < -0.39 is 15.7 Å². The van der Waals surface area contributed by atoms with Crippen LogP contribution in [0.15, 0.2) is 64.5 Å². The molecule has 6 heteroatoms. The van der Waals surface area contributed by atoms with Crippen molar-refractivity contribution in [2.75, 3.05) is 20.1 Å². The third-order valence-corrected chi connectivity index (χ3v) is 6.64. The molecule has 0 spiro atoms. The Kier molecular flexibility index (Phi) is 3.89. The SMILES string of the molecule is CN1CCC(n2cc(S(=O)(=O)c3cccc(F)c3)c3ccccc32)C1. The van der Waals surface area contributed by atoms with Crippen LogP contribution in [-0.2, 0) is 9.84 Å². The van der Waals surface area contributed by atoms with E-state index in [0.29, 0.717) is 5.39 Å². The zero-order chi connectivity index (χ0) is 17.6. The summed E-state index contributed by atoms with van der Waals surface area (Å²) in [6.45, 7) is 1.88. The highest BCUT2D eigenvalue weighted by molar-refractivity contribution is 7.91. The molecule has 3 aromatic rings. The summed E-state index contributed by atoms with van der Waals surface area (Å²) in [5.74, 6) is -0.553. The highest BCUT2D eigenvalue weighted by atomic mass is 32.2. The van der Waals surface area contributed by atoms with E-state index in [9.17, 15) is 12.8 Å². The predicted octanol–water partition coefficient (Wildman–Crippen LogP) is 3.49. The lowest BCUT2D eigenvalue weighted by Crippen LogP contribution is -2.16. The van der Waals surface area contributed by atoms with Gasteiger partial charge in [0, 0.05) is 29.7 Å². The van der Waals surface area contributed by atoms with Crippen molar-refractivity contribution in [3.8, 4) is 0 Å². The van der Waals surface area contributed by atoms with E-state index in [2.05, 4.69) is 16.5 Å². The summed E-state index contributed by atoms with van der Waals surface area (Å²) in [4.78, 5) is 2.46. The third kappa shape index (κ3) is 2.75. The average Bonchev–Trinajstić information content (AvgIpc) is 3.18. The van der Waals surface area contributed by atoms with Gasteiger partial charge in [-0.1, -0.05) is 24.3 Å². The number of rotatable bonds is 3. The van der Waals surface area contributed by atoms with E-state index in [4.69, 9.17) is 0 Å². The molecule has 130 valence electrons. The van der Waals surface area contributed by atoms with Crippen LogP contribution in [0.5, 0.6) is 0 Å². The summed E-state index contributed by atoms with van der Waals surface area (Å²) in [6, 6.07) is 12.9. The maximum absolute atomic E-state index is 13.5. The molecule has 0 radical (unpaired) electrons. The number of fused-ring (bicyclic) bond motifs is 1. The fourth-order valence-corrected chi connectivity index (χ4v) is 5.08. The molecule has 1 saturated heterocycles. The van der Waals surface area contributed by atoms with Gasteiger partial charge in [0.2, 0.25) is 9.84 Å². The zero-order valence-corrected chi connectivity index (χ0v) is 14.7. The van der Waals surface area contributed by atoms with Gasteiger partial charge in [0.05, 0.1) is 9.79 Å². The fraction of sp³-hybridized carbons (Fsp3) is 0.263. The van der Waals surface area contributed by atoms with Gasteiger partial charge in [-0.05, 0) is 44.3 Å². The van der Waals surface area contributed by atoms with Gasteiger partial charge in [0.15, 0.2) is 0 Å². The van der Waals surface area contributed by atoms with Gasteiger partial charge < -0.3 is 9.47 Å². The molecule has 1 atom stereocenters. The molecule has 0 aliphatic carbocycles. The van der Waals surface area contributed by atoms with Gasteiger partial charge >= 0.3 is 0 Å². The van der Waals surface area contributed by atoms with E-state index in [-0.39, 0.29) is 15.8 Å². The Morgan fingerprint density at radius 1 is 1.12 bits per heavy atom. The number of hydrogen-bond donors (Lipinski definition) is 0. The van der Waals surface area contributed by atoms with Crippen molar-refractivity contribution in [1.82, 2.24) is 9.47 Å². The van der Waals surface area contributed by atoms with Gasteiger partial charge in [-0.2, -0.15) is 0 Å². The molecular formula is C19H19FN2O2S. The number of benzene rings is 2. The topological polar surface area (TPSA) is 42.3 Å². The molecule has 1 aromatic heterocycles. The number of likely N-dealkylation sites (N-methyl/N-ethyl adjacent to an activating group) is 1. The maximum Gasteiger partial charge on any atom is 0.208 e. The molecule has 2 heterocycles. The summed E-state index contributed by atoms with van der Waals surface area (Å²) in [5.41, 5.74) is 0.901. The summed E-state index contributed by atoms with van der Waals surface area (Å²) in [7, 11) is -1.72. The van der Waals surface area contributed by atoms with Gasteiger partial charge in [-0.25, -0.2) is 12.8 Å². The van der Waals surface area contributed by atoms with E-state index in [1.807, 2.05) is 24.3 Å². The second-order valence-electron chi connectivity index (χ2n) is 6.58. The first-order valence-electron chi connectivity index (χ1n) is 8.25. The molecule has 1 aliphatic heterocycles. The van der Waals surface area contributed by atoms with Crippen LogP contribution in [-0.4, -0.2) is 38.0 Å². The first-order valence-corrected chi connectivity index (χ1v) is 9.74. The van der Waals surface area contributed by atoms with Gasteiger partial charge in [0.1, 0.15) is 5.82 Å². The van der Waals surface area contributed by atoms with E-state index >= 15 is 0 Å². The van der Waals surface area contributed by atoms with Gasteiger partial charge in [-0.3, -0.25) is 0 Å². The normalized spacial score (nSPS) is 18.9. The number of likely N-dealkylation sites (tertiary alicyclic amines) is 1. The number of halogens is 1. The smallest absolute Gasteiger partial charge is 0.208 e. The molecule has 0 amide bonds. The Morgan fingerprint density at radius 3 is 2.64 bits per heavy atom. The van der Waals surface area contributed by atoms with Crippen LogP contribution in [0.4, 0.5) is 4.39 Å². The number of aromatic nitrogens is 1. The Balaban J connectivity index is 1.91. The summed E-state index contributed by atoms with van der Waals surface area (Å²) >= 11 is 0. The Labute approximate surface area is 146 Å². The second-order valence-corrected chi connectivity index (χ2v) is 8.50. The molecule has 1 aliphatic rings. The molecule has 1 fully saturated rings. The molecule has 2 aromatic carbocycles. The lowest BCUT2D eigenvalue weighted by molar-refractivity contribution is 0.395. The van der Waals surface area contributed by atoms with Crippen LogP contribution in [0, 0.1) is 5.82 Å². The lowest BCUT2D eigenvalue weighted by Gasteiger charge is -2.14. The standard InChI is InChI=1S/C19H19FN2O2S/c1-21-10-9-15(12-21)22-13-19(17-7-2-3-8-18(17)22)25(23,24)16-6-4-5-14(20)11-16/h2-8,11,13,15H,9-10,12H2,1H3. The summed E-state index contributed by atoms with van der Waals surface area (Å²) < 4.78 is 41.8. The highest BCUT2D eigenvalue weighted by Gasteiger charge is 2.28. The minimum atomic E-state index is -3.78. The average molecular weight is 358 g/mol. The van der Waals surface area contributed by atoms with E-state index in [0.717, 1.165) is 31.1 Å². The molecule has 0 N–H and O–H groups in total. The van der Waals surface area contributed by atoms with Crippen LogP contribution < -0.4 is 0 Å². The number of hydrogen-bond acceptors (Lipinski definition) is 3. The summed E-state index contributed by atoms with van der Waals surface area (Å²) in [6.07, 6.45) is 2.70. The van der Waals surface area contributed by atoms with Crippen molar-refractivity contribution in [1.29, 1.82) is 0 Å². The van der Waals surface area contributed by atoms with E-state index in [1.54, 1.807) is 6.20 Å². The van der Waals surface area contributed by atoms with Crippen LogP contribution in [0.3, 0.4) is 0 Å². The van der Waals surface area contributed by atoms with Crippen LogP contribution in [0.25, 0.3) is 10.9 Å². The lowest BCUT2D eigenvalue weighted by atomic mass is 10.2. The molecule has 1 unspecified atom stereocenters. The Bertz CT molecular complexity index is 1040. The quantitative estimate of drug-likeness (QED) is 0.720. The first-order chi connectivity index (χ1) is 12.0. The van der Waals surface area contributed by atoms with Crippen LogP contribution in [0.2, 0.25) is 0 Å². The molecule has 25 heavy (non-hydrogen) atoms. The maximum atomic E-state index is 13.5. The van der Waals surface area contributed by atoms with Crippen molar-refractivity contribution >= 4 is 20.7 Å². The van der Waals surface area contributed by atoms with Crippen molar-refractivity contribution in [3.63, 3.8) is 0 Å². The van der Waals surface area contributed by atoms with Crippen molar-refractivity contribution < 1.29 is 12.8 Å². The fourth-order valence-electron chi connectivity index (χ4n) is 3.59. The monoisotopic (exact) mass is 358 g/mol. The predicted molar refractivity (Wildman–Crippen MR) is 94.9 cm³/mol. The molecule has 0 bridgehead atoms. The minimum absolute atomic E-state index is 0.0149. The van der Waals surface area contributed by atoms with Gasteiger partial charge in [-0.15, -0.1) is 0 Å². The van der Waals surface area contributed by atoms with Gasteiger partial charge in [0.25, 0.3) is 0 Å². The number of para-hydroxylation sites is 1. The first kappa shape index (κ1) is 16.3. The van der Waals surface area contributed by atoms with Crippen LogP contribution in [0.1, 0.15) is 12.5 Å². The Hall–Kier alpha value is -2.18. The van der Waals surface area contributed by atoms with E-state index in [1.165, 1.54) is 18.2 Å². The number of nitrogens with zero attached hydrogens (tertiary/aromatic N) is 2. The second kappa shape index (κ2) is 5.97. The van der Waals surface area contributed by atoms with Crippen LogP contribution >= 0.6 is 0 Å². The highest BCUT2D eigenvalue weighted by Crippen LogP contribution is 2.34. The molecule has 4 nitrogen and oxygen atoms in total. The summed E-state index contributed by atoms with van der Waals surface area (Å²) in [5, 5.41) is 0.682. The minimum Gasteiger partial charge on any atom is -0.342 e. The third-order valence-electron chi connectivity index (χ3n) is 4.86. The van der Waals surface area contributed by atoms with Crippen molar-refractivity contribution in [2.45, 2.75) is 22.3 Å². The zero-order valence-electron chi connectivity index (χ0n) is 13.9. The molecular weight excluding hydrogens is 339 g/mol. The largest absolute Gasteiger partial charge is 0.342 e.